The number of nitrogen functional groups attached to an aromatic ring is 1. The van der Waals surface area contributed by atoms with Crippen molar-refractivity contribution in [1.29, 1.82) is 0 Å². The van der Waals surface area contributed by atoms with E-state index in [1.165, 1.54) is 0 Å². The summed E-state index contributed by atoms with van der Waals surface area (Å²) < 4.78 is 1.94. The second-order valence-electron chi connectivity index (χ2n) is 4.92. The van der Waals surface area contributed by atoms with Gasteiger partial charge in [-0.25, -0.2) is 9.97 Å². The molecule has 102 valence electrons. The van der Waals surface area contributed by atoms with Crippen LogP contribution in [0.5, 0.6) is 0 Å². The number of aryl methyl sites for hydroxylation is 1. The van der Waals surface area contributed by atoms with Gasteiger partial charge in [-0.1, -0.05) is 23.7 Å². The second-order valence-corrected chi connectivity index (χ2v) is 5.36. The van der Waals surface area contributed by atoms with Gasteiger partial charge in [0.1, 0.15) is 5.52 Å². The lowest BCUT2D eigenvalue weighted by Gasteiger charge is -2.16. The number of rotatable bonds is 2. The molecule has 0 bridgehead atoms. The van der Waals surface area contributed by atoms with E-state index < -0.39 is 0 Å². The summed E-state index contributed by atoms with van der Waals surface area (Å²) >= 11 is 5.93. The van der Waals surface area contributed by atoms with Crippen molar-refractivity contribution in [3.8, 4) is 0 Å². The van der Waals surface area contributed by atoms with Crippen LogP contribution in [0.1, 0.15) is 24.1 Å². The molecule has 0 fully saturated rings. The zero-order valence-corrected chi connectivity index (χ0v) is 12.1. The van der Waals surface area contributed by atoms with Crippen LogP contribution in [0.15, 0.2) is 36.5 Å². The number of nitrogens with zero attached hydrogens (tertiary/aromatic N) is 3. The minimum Gasteiger partial charge on any atom is -0.369 e. The van der Waals surface area contributed by atoms with Crippen LogP contribution in [0.4, 0.5) is 5.95 Å². The lowest BCUT2D eigenvalue weighted by atomic mass is 10.1. The molecular weight excluding hydrogens is 272 g/mol. The minimum atomic E-state index is 0.0486. The van der Waals surface area contributed by atoms with Crippen molar-refractivity contribution in [2.24, 2.45) is 0 Å². The molecule has 3 rings (SSSR count). The molecule has 0 aliphatic rings. The van der Waals surface area contributed by atoms with E-state index in [0.29, 0.717) is 5.95 Å². The van der Waals surface area contributed by atoms with E-state index in [1.54, 1.807) is 0 Å². The molecule has 5 heteroatoms. The van der Waals surface area contributed by atoms with Gasteiger partial charge in [-0.3, -0.25) is 4.57 Å². The first-order chi connectivity index (χ1) is 9.56. The monoisotopic (exact) mass is 286 g/mol. The Morgan fingerprint density at radius 2 is 1.95 bits per heavy atom. The van der Waals surface area contributed by atoms with Crippen molar-refractivity contribution in [3.63, 3.8) is 0 Å². The van der Waals surface area contributed by atoms with Crippen LogP contribution in [0.2, 0.25) is 5.02 Å². The molecule has 2 N–H and O–H groups in total. The third kappa shape index (κ3) is 2.12. The fraction of sp³-hybridized carbons (Fsp3) is 0.200. The highest BCUT2D eigenvalue weighted by molar-refractivity contribution is 6.30. The van der Waals surface area contributed by atoms with Gasteiger partial charge in [0.2, 0.25) is 5.95 Å². The summed E-state index contributed by atoms with van der Waals surface area (Å²) in [6.45, 7) is 4.06. The van der Waals surface area contributed by atoms with Crippen molar-refractivity contribution in [3.05, 3.63) is 52.7 Å². The molecule has 2 heterocycles. The van der Waals surface area contributed by atoms with Gasteiger partial charge in [0.05, 0.1) is 6.04 Å². The van der Waals surface area contributed by atoms with Crippen LogP contribution >= 0.6 is 11.6 Å². The van der Waals surface area contributed by atoms with Gasteiger partial charge in [-0.2, -0.15) is 0 Å². The predicted molar refractivity (Wildman–Crippen MR) is 81.9 cm³/mol. The van der Waals surface area contributed by atoms with E-state index >= 15 is 0 Å². The van der Waals surface area contributed by atoms with E-state index in [0.717, 1.165) is 27.3 Å². The molecule has 0 amide bonds. The van der Waals surface area contributed by atoms with Gasteiger partial charge in [0.25, 0.3) is 0 Å². The number of pyridine rings is 1. The number of hydrogen-bond acceptors (Lipinski definition) is 3. The van der Waals surface area contributed by atoms with Crippen molar-refractivity contribution >= 4 is 28.7 Å². The van der Waals surface area contributed by atoms with Gasteiger partial charge in [0, 0.05) is 11.2 Å². The molecule has 0 radical (unpaired) electrons. The summed E-state index contributed by atoms with van der Waals surface area (Å²) in [4.78, 5) is 8.85. The summed E-state index contributed by atoms with van der Waals surface area (Å²) in [5.74, 6) is 0.473. The van der Waals surface area contributed by atoms with Crippen molar-refractivity contribution in [2.45, 2.75) is 19.9 Å². The molecule has 0 aliphatic heterocycles. The van der Waals surface area contributed by atoms with Crippen molar-refractivity contribution in [2.75, 3.05) is 5.73 Å². The fourth-order valence-electron chi connectivity index (χ4n) is 2.37. The summed E-state index contributed by atoms with van der Waals surface area (Å²) in [5, 5.41) is 0.721. The highest BCUT2D eigenvalue weighted by Gasteiger charge is 2.16. The third-order valence-electron chi connectivity index (χ3n) is 3.43. The molecule has 0 aliphatic carbocycles. The van der Waals surface area contributed by atoms with Crippen LogP contribution in [-0.4, -0.2) is 14.5 Å². The number of anilines is 1. The zero-order chi connectivity index (χ0) is 14.3. The molecule has 1 unspecified atom stereocenters. The van der Waals surface area contributed by atoms with Crippen LogP contribution < -0.4 is 5.73 Å². The number of hydrogen-bond donors (Lipinski definition) is 1. The molecule has 0 spiro atoms. The largest absolute Gasteiger partial charge is 0.369 e. The highest BCUT2D eigenvalue weighted by atomic mass is 35.5. The molecule has 3 aromatic rings. The summed E-state index contributed by atoms with van der Waals surface area (Å²) in [6.07, 6.45) is 1.83. The maximum atomic E-state index is 6.06. The smallest absolute Gasteiger partial charge is 0.203 e. The van der Waals surface area contributed by atoms with E-state index in [4.69, 9.17) is 17.3 Å². The van der Waals surface area contributed by atoms with Gasteiger partial charge in [0.15, 0.2) is 5.65 Å². The quantitative estimate of drug-likeness (QED) is 0.783. The van der Waals surface area contributed by atoms with Crippen LogP contribution in [0.3, 0.4) is 0 Å². The summed E-state index contributed by atoms with van der Waals surface area (Å²) in [7, 11) is 0. The fourth-order valence-corrected chi connectivity index (χ4v) is 2.50. The molecule has 20 heavy (non-hydrogen) atoms. The van der Waals surface area contributed by atoms with Gasteiger partial charge in [-0.05, 0) is 43.2 Å². The normalized spacial score (nSPS) is 12.8. The van der Waals surface area contributed by atoms with Crippen molar-refractivity contribution < 1.29 is 0 Å². The Morgan fingerprint density at radius 1 is 1.25 bits per heavy atom. The second kappa shape index (κ2) is 4.80. The van der Waals surface area contributed by atoms with Crippen LogP contribution in [-0.2, 0) is 0 Å². The number of fused-ring (bicyclic) bond motifs is 1. The van der Waals surface area contributed by atoms with E-state index in [-0.39, 0.29) is 6.04 Å². The number of benzene rings is 1. The van der Waals surface area contributed by atoms with Gasteiger partial charge >= 0.3 is 0 Å². The Kier molecular flexibility index (Phi) is 3.10. The Morgan fingerprint density at radius 3 is 2.65 bits per heavy atom. The summed E-state index contributed by atoms with van der Waals surface area (Å²) in [6, 6.07) is 9.77. The average Bonchev–Trinajstić information content (AvgIpc) is 2.73. The topological polar surface area (TPSA) is 56.7 Å². The number of nitrogens with two attached hydrogens (primary N) is 1. The average molecular weight is 287 g/mol. The standard InChI is InChI=1S/C15H15ClN4/c1-9-7-13-14(18-8-9)20(15(17)19-13)10(2)11-3-5-12(16)6-4-11/h3-8,10H,1-2H3,(H2,17,19). The van der Waals surface area contributed by atoms with Gasteiger partial charge < -0.3 is 5.73 Å². The molecule has 1 atom stereocenters. The molecular formula is C15H15ClN4. The SMILES string of the molecule is Cc1cnc2c(c1)nc(N)n2C(C)c1ccc(Cl)cc1. The first-order valence-electron chi connectivity index (χ1n) is 6.42. The maximum absolute atomic E-state index is 6.06. The highest BCUT2D eigenvalue weighted by Crippen LogP contribution is 2.27. The zero-order valence-electron chi connectivity index (χ0n) is 11.3. The molecule has 0 saturated carbocycles. The van der Waals surface area contributed by atoms with Crippen LogP contribution in [0, 0.1) is 6.92 Å². The molecule has 2 aromatic heterocycles. The Hall–Kier alpha value is -2.07. The summed E-state index contributed by atoms with van der Waals surface area (Å²) in [5.41, 5.74) is 9.87. The van der Waals surface area contributed by atoms with Gasteiger partial charge in [-0.15, -0.1) is 0 Å². The molecule has 4 nitrogen and oxygen atoms in total. The Labute approximate surface area is 122 Å². The Balaban J connectivity index is 2.13. The van der Waals surface area contributed by atoms with E-state index in [1.807, 2.05) is 48.0 Å². The van der Waals surface area contributed by atoms with Crippen molar-refractivity contribution in [1.82, 2.24) is 14.5 Å². The Bertz CT molecular complexity index is 761. The van der Waals surface area contributed by atoms with E-state index in [9.17, 15) is 0 Å². The number of aromatic nitrogens is 3. The molecule has 1 aromatic carbocycles. The minimum absolute atomic E-state index is 0.0486. The first-order valence-corrected chi connectivity index (χ1v) is 6.79. The lowest BCUT2D eigenvalue weighted by molar-refractivity contribution is 0.662. The maximum Gasteiger partial charge on any atom is 0.203 e. The van der Waals surface area contributed by atoms with Crippen LogP contribution in [0.25, 0.3) is 11.2 Å². The molecule has 0 saturated heterocycles. The number of halogens is 1. The number of imidazole rings is 1. The third-order valence-corrected chi connectivity index (χ3v) is 3.69. The van der Waals surface area contributed by atoms with E-state index in [2.05, 4.69) is 16.9 Å². The lowest BCUT2D eigenvalue weighted by Crippen LogP contribution is -2.10. The first kappa shape index (κ1) is 12.9. The predicted octanol–water partition coefficient (Wildman–Crippen LogP) is 3.58.